The lowest BCUT2D eigenvalue weighted by atomic mass is 10.0. The van der Waals surface area contributed by atoms with Crippen LogP contribution in [0.5, 0.6) is 11.5 Å². The van der Waals surface area contributed by atoms with E-state index < -0.39 is 0 Å². The van der Waals surface area contributed by atoms with Crippen molar-refractivity contribution >= 4 is 12.0 Å². The highest BCUT2D eigenvalue weighted by molar-refractivity contribution is 5.92. The molecule has 0 bridgehead atoms. The zero-order valence-corrected chi connectivity index (χ0v) is 14.2. The average Bonchev–Trinajstić information content (AvgIpc) is 3.27. The molecule has 1 N–H and O–H groups in total. The molecule has 1 aliphatic carbocycles. The number of carbonyl (C=O) groups excluding carboxylic acids is 1. The first-order chi connectivity index (χ1) is 12.2. The summed E-state index contributed by atoms with van der Waals surface area (Å²) in [5.41, 5.74) is 4.94. The van der Waals surface area contributed by atoms with Crippen LogP contribution < -0.4 is 14.8 Å². The molecular formula is C21H21NO3. The fourth-order valence-electron chi connectivity index (χ4n) is 3.39. The number of ether oxygens (including phenoxy) is 2. The van der Waals surface area contributed by atoms with E-state index in [-0.39, 0.29) is 18.7 Å². The van der Waals surface area contributed by atoms with Gasteiger partial charge in [0.2, 0.25) is 12.7 Å². The van der Waals surface area contributed by atoms with Crippen LogP contribution in [0.15, 0.2) is 42.5 Å². The van der Waals surface area contributed by atoms with Gasteiger partial charge in [0.05, 0.1) is 6.04 Å². The molecule has 0 saturated heterocycles. The van der Waals surface area contributed by atoms with E-state index >= 15 is 0 Å². The Morgan fingerprint density at radius 3 is 2.84 bits per heavy atom. The van der Waals surface area contributed by atoms with Gasteiger partial charge in [-0.05, 0) is 66.6 Å². The Bertz CT molecular complexity index is 841. The van der Waals surface area contributed by atoms with Gasteiger partial charge in [-0.1, -0.05) is 24.3 Å². The molecule has 1 aliphatic heterocycles. The largest absolute Gasteiger partial charge is 0.454 e. The van der Waals surface area contributed by atoms with Crippen LogP contribution in [-0.4, -0.2) is 12.7 Å². The lowest BCUT2D eigenvalue weighted by Gasteiger charge is -2.14. The van der Waals surface area contributed by atoms with Crippen molar-refractivity contribution in [2.75, 3.05) is 6.79 Å². The van der Waals surface area contributed by atoms with Crippen LogP contribution in [0.1, 0.15) is 41.6 Å². The van der Waals surface area contributed by atoms with Crippen molar-refractivity contribution < 1.29 is 14.3 Å². The first kappa shape index (κ1) is 15.8. The van der Waals surface area contributed by atoms with Crippen molar-refractivity contribution in [3.63, 3.8) is 0 Å². The molecule has 0 radical (unpaired) electrons. The molecule has 0 aromatic heterocycles. The fourth-order valence-corrected chi connectivity index (χ4v) is 3.39. The molecule has 0 saturated carbocycles. The third-order valence-electron chi connectivity index (χ3n) is 4.81. The molecule has 1 atom stereocenters. The lowest BCUT2D eigenvalue weighted by Crippen LogP contribution is -2.24. The van der Waals surface area contributed by atoms with Gasteiger partial charge in [0.25, 0.3) is 0 Å². The van der Waals surface area contributed by atoms with Gasteiger partial charge in [-0.2, -0.15) is 0 Å². The van der Waals surface area contributed by atoms with E-state index in [1.54, 1.807) is 12.2 Å². The predicted octanol–water partition coefficient (Wildman–Crippen LogP) is 3.79. The molecule has 128 valence electrons. The number of rotatable bonds is 4. The molecule has 2 aromatic rings. The molecule has 25 heavy (non-hydrogen) atoms. The SMILES string of the molecule is C[C@@H](NC(=O)/C=C/c1ccc2c(c1)OCO2)c1ccc2c(c1)CCC2. The summed E-state index contributed by atoms with van der Waals surface area (Å²) >= 11 is 0. The van der Waals surface area contributed by atoms with E-state index in [0.29, 0.717) is 5.75 Å². The number of amides is 1. The van der Waals surface area contributed by atoms with Crippen molar-refractivity contribution in [2.45, 2.75) is 32.2 Å². The second-order valence-corrected chi connectivity index (χ2v) is 6.56. The number of carbonyl (C=O) groups is 1. The van der Waals surface area contributed by atoms with Crippen molar-refractivity contribution in [1.29, 1.82) is 0 Å². The van der Waals surface area contributed by atoms with E-state index in [1.165, 1.54) is 24.0 Å². The minimum Gasteiger partial charge on any atom is -0.454 e. The third-order valence-corrected chi connectivity index (χ3v) is 4.81. The zero-order valence-electron chi connectivity index (χ0n) is 14.2. The summed E-state index contributed by atoms with van der Waals surface area (Å²) in [7, 11) is 0. The Balaban J connectivity index is 1.39. The van der Waals surface area contributed by atoms with Gasteiger partial charge >= 0.3 is 0 Å². The maximum atomic E-state index is 12.2. The average molecular weight is 335 g/mol. The summed E-state index contributed by atoms with van der Waals surface area (Å²) in [5, 5.41) is 3.03. The number of hydrogen-bond donors (Lipinski definition) is 1. The minimum absolute atomic E-state index is 0.0141. The quantitative estimate of drug-likeness (QED) is 0.865. The monoisotopic (exact) mass is 335 g/mol. The lowest BCUT2D eigenvalue weighted by molar-refractivity contribution is -0.117. The topological polar surface area (TPSA) is 47.6 Å². The summed E-state index contributed by atoms with van der Waals surface area (Å²) in [6.07, 6.45) is 6.90. The second-order valence-electron chi connectivity index (χ2n) is 6.56. The molecule has 0 spiro atoms. The van der Waals surface area contributed by atoms with Crippen LogP contribution >= 0.6 is 0 Å². The number of aryl methyl sites for hydroxylation is 2. The Labute approximate surface area is 147 Å². The number of hydrogen-bond acceptors (Lipinski definition) is 3. The summed E-state index contributed by atoms with van der Waals surface area (Å²) in [4.78, 5) is 12.2. The Morgan fingerprint density at radius 1 is 1.08 bits per heavy atom. The van der Waals surface area contributed by atoms with Crippen LogP contribution in [-0.2, 0) is 17.6 Å². The Hall–Kier alpha value is -2.75. The summed E-state index contributed by atoms with van der Waals surface area (Å²) in [6, 6.07) is 12.2. The second kappa shape index (κ2) is 6.63. The molecule has 0 unspecified atom stereocenters. The number of nitrogens with one attached hydrogen (secondary N) is 1. The van der Waals surface area contributed by atoms with Crippen molar-refractivity contribution in [3.8, 4) is 11.5 Å². The van der Waals surface area contributed by atoms with E-state index in [1.807, 2.05) is 25.1 Å². The molecule has 1 amide bonds. The van der Waals surface area contributed by atoms with Crippen LogP contribution in [0, 0.1) is 0 Å². The van der Waals surface area contributed by atoms with E-state index in [0.717, 1.165) is 23.3 Å². The number of benzene rings is 2. The van der Waals surface area contributed by atoms with Gasteiger partial charge in [0, 0.05) is 6.08 Å². The minimum atomic E-state index is -0.106. The van der Waals surface area contributed by atoms with E-state index in [9.17, 15) is 4.79 Å². The molecule has 0 fully saturated rings. The molecule has 4 nitrogen and oxygen atoms in total. The maximum absolute atomic E-state index is 12.2. The van der Waals surface area contributed by atoms with Crippen LogP contribution in [0.3, 0.4) is 0 Å². The van der Waals surface area contributed by atoms with Gasteiger partial charge in [0.1, 0.15) is 0 Å². The summed E-state index contributed by atoms with van der Waals surface area (Å²) in [5.74, 6) is 1.35. The van der Waals surface area contributed by atoms with Crippen molar-refractivity contribution in [1.82, 2.24) is 5.32 Å². The molecule has 1 heterocycles. The van der Waals surface area contributed by atoms with Crippen molar-refractivity contribution in [2.24, 2.45) is 0 Å². The molecule has 4 heteroatoms. The third kappa shape index (κ3) is 3.38. The highest BCUT2D eigenvalue weighted by Gasteiger charge is 2.15. The molecule has 2 aromatic carbocycles. The molecule has 2 aliphatic rings. The van der Waals surface area contributed by atoms with Gasteiger partial charge < -0.3 is 14.8 Å². The molecular weight excluding hydrogens is 314 g/mol. The zero-order chi connectivity index (χ0) is 17.2. The number of fused-ring (bicyclic) bond motifs is 2. The highest BCUT2D eigenvalue weighted by atomic mass is 16.7. The van der Waals surface area contributed by atoms with E-state index in [2.05, 4.69) is 23.5 Å². The van der Waals surface area contributed by atoms with E-state index in [4.69, 9.17) is 9.47 Å². The molecule has 4 rings (SSSR count). The summed E-state index contributed by atoms with van der Waals surface area (Å²) in [6.45, 7) is 2.27. The van der Waals surface area contributed by atoms with Crippen LogP contribution in [0.4, 0.5) is 0 Å². The van der Waals surface area contributed by atoms with Gasteiger partial charge in [0.15, 0.2) is 11.5 Å². The van der Waals surface area contributed by atoms with Gasteiger partial charge in [-0.3, -0.25) is 4.79 Å². The standard InChI is InChI=1S/C21H21NO3/c1-14(17-8-7-16-3-2-4-18(16)12-17)22-21(23)10-6-15-5-9-19-20(11-15)25-13-24-19/h5-12,14H,2-4,13H2,1H3,(H,22,23)/b10-6+/t14-/m1/s1. The van der Waals surface area contributed by atoms with Gasteiger partial charge in [-0.15, -0.1) is 0 Å². The predicted molar refractivity (Wildman–Crippen MR) is 96.6 cm³/mol. The Kier molecular flexibility index (Phi) is 4.18. The van der Waals surface area contributed by atoms with Crippen LogP contribution in [0.25, 0.3) is 6.08 Å². The Morgan fingerprint density at radius 2 is 1.92 bits per heavy atom. The summed E-state index contributed by atoms with van der Waals surface area (Å²) < 4.78 is 10.6. The first-order valence-corrected chi connectivity index (χ1v) is 8.69. The van der Waals surface area contributed by atoms with Crippen LogP contribution in [0.2, 0.25) is 0 Å². The highest BCUT2D eigenvalue weighted by Crippen LogP contribution is 2.32. The maximum Gasteiger partial charge on any atom is 0.244 e. The van der Waals surface area contributed by atoms with Crippen molar-refractivity contribution in [3.05, 3.63) is 64.7 Å². The first-order valence-electron chi connectivity index (χ1n) is 8.69. The van der Waals surface area contributed by atoms with Gasteiger partial charge in [-0.25, -0.2) is 0 Å². The fraction of sp³-hybridized carbons (Fsp3) is 0.286. The normalized spacial score (nSPS) is 16.0. The smallest absolute Gasteiger partial charge is 0.244 e.